The van der Waals surface area contributed by atoms with Crippen LogP contribution in [0.5, 0.6) is 5.75 Å². The third-order valence-electron chi connectivity index (χ3n) is 3.21. The third kappa shape index (κ3) is 2.88. The normalized spacial score (nSPS) is 11.2. The molecule has 0 fully saturated rings. The molecule has 0 aliphatic carbocycles. The van der Waals surface area contributed by atoms with Gasteiger partial charge in [-0.1, -0.05) is 17.4 Å². The second kappa shape index (κ2) is 5.79. The number of hydrogen-bond acceptors (Lipinski definition) is 6. The van der Waals surface area contributed by atoms with Gasteiger partial charge in [0, 0.05) is 7.11 Å². The van der Waals surface area contributed by atoms with Crippen LogP contribution in [0.3, 0.4) is 0 Å². The first-order valence-electron chi connectivity index (χ1n) is 6.56. The quantitative estimate of drug-likeness (QED) is 0.725. The molecule has 2 heterocycles. The predicted octanol–water partition coefficient (Wildman–Crippen LogP) is 2.53. The SMILES string of the molecule is COCc1nnc2sc(COc3ccc(C)c(C)c3)nn12. The zero-order valence-corrected chi connectivity index (χ0v) is 13.0. The number of ether oxygens (including phenoxy) is 2. The van der Waals surface area contributed by atoms with Gasteiger partial charge in [-0.3, -0.25) is 0 Å². The number of aryl methyl sites for hydroxylation is 2. The van der Waals surface area contributed by atoms with E-state index in [9.17, 15) is 0 Å². The molecule has 7 heteroatoms. The lowest BCUT2D eigenvalue weighted by Crippen LogP contribution is -2.00. The van der Waals surface area contributed by atoms with E-state index in [1.807, 2.05) is 12.1 Å². The Hall–Kier alpha value is -1.99. The molecule has 0 unspecified atom stereocenters. The van der Waals surface area contributed by atoms with Crippen LogP contribution in [0, 0.1) is 13.8 Å². The number of fused-ring (bicyclic) bond motifs is 1. The second-order valence-electron chi connectivity index (χ2n) is 4.77. The molecule has 0 bridgehead atoms. The summed E-state index contributed by atoms with van der Waals surface area (Å²) in [6.07, 6.45) is 0. The Labute approximate surface area is 126 Å². The van der Waals surface area contributed by atoms with Gasteiger partial charge in [-0.05, 0) is 37.1 Å². The Morgan fingerprint density at radius 3 is 2.76 bits per heavy atom. The molecule has 2 aromatic heterocycles. The van der Waals surface area contributed by atoms with E-state index >= 15 is 0 Å². The molecular weight excluding hydrogens is 288 g/mol. The number of aromatic nitrogens is 4. The minimum absolute atomic E-state index is 0.391. The monoisotopic (exact) mass is 304 g/mol. The van der Waals surface area contributed by atoms with Crippen LogP contribution in [-0.2, 0) is 18.0 Å². The summed E-state index contributed by atoms with van der Waals surface area (Å²) in [4.78, 5) is 0.751. The van der Waals surface area contributed by atoms with E-state index in [0.29, 0.717) is 19.0 Å². The summed E-state index contributed by atoms with van der Waals surface area (Å²) < 4.78 is 12.6. The Kier molecular flexibility index (Phi) is 3.85. The summed E-state index contributed by atoms with van der Waals surface area (Å²) in [6, 6.07) is 6.06. The molecule has 0 amide bonds. The molecule has 1 aromatic carbocycles. The first kappa shape index (κ1) is 14.0. The van der Waals surface area contributed by atoms with Gasteiger partial charge in [0.25, 0.3) is 0 Å². The first-order chi connectivity index (χ1) is 10.2. The maximum absolute atomic E-state index is 5.78. The lowest BCUT2D eigenvalue weighted by molar-refractivity contribution is 0.176. The largest absolute Gasteiger partial charge is 0.486 e. The summed E-state index contributed by atoms with van der Waals surface area (Å²) in [6.45, 7) is 4.97. The first-order valence-corrected chi connectivity index (χ1v) is 7.38. The number of hydrogen-bond donors (Lipinski definition) is 0. The molecule has 110 valence electrons. The number of nitrogens with zero attached hydrogens (tertiary/aromatic N) is 4. The molecule has 0 aliphatic heterocycles. The number of rotatable bonds is 5. The van der Waals surface area contributed by atoms with Gasteiger partial charge in [0.1, 0.15) is 19.0 Å². The van der Waals surface area contributed by atoms with Crippen LogP contribution in [0.25, 0.3) is 4.96 Å². The fourth-order valence-corrected chi connectivity index (χ4v) is 2.69. The van der Waals surface area contributed by atoms with Crippen LogP contribution in [0.15, 0.2) is 18.2 Å². The van der Waals surface area contributed by atoms with Crippen molar-refractivity contribution in [2.24, 2.45) is 0 Å². The summed E-state index contributed by atoms with van der Waals surface area (Å²) in [7, 11) is 1.62. The fraction of sp³-hybridized carbons (Fsp3) is 0.357. The number of methoxy groups -OCH3 is 1. The van der Waals surface area contributed by atoms with Crippen molar-refractivity contribution in [1.29, 1.82) is 0 Å². The zero-order chi connectivity index (χ0) is 14.8. The van der Waals surface area contributed by atoms with Crippen molar-refractivity contribution in [2.45, 2.75) is 27.1 Å². The van der Waals surface area contributed by atoms with Gasteiger partial charge in [-0.25, -0.2) is 0 Å². The maximum atomic E-state index is 5.78. The third-order valence-corrected chi connectivity index (χ3v) is 4.08. The zero-order valence-electron chi connectivity index (χ0n) is 12.2. The molecule has 0 atom stereocenters. The van der Waals surface area contributed by atoms with Gasteiger partial charge in [-0.15, -0.1) is 10.2 Å². The molecule has 0 aliphatic rings. The van der Waals surface area contributed by atoms with Gasteiger partial charge in [0.15, 0.2) is 10.8 Å². The Bertz CT molecular complexity index is 766. The number of benzene rings is 1. The van der Waals surface area contributed by atoms with Gasteiger partial charge in [0.05, 0.1) is 0 Å². The van der Waals surface area contributed by atoms with E-state index in [4.69, 9.17) is 9.47 Å². The molecule has 6 nitrogen and oxygen atoms in total. The summed E-state index contributed by atoms with van der Waals surface area (Å²) in [5, 5.41) is 13.4. The molecule has 21 heavy (non-hydrogen) atoms. The molecular formula is C14H16N4O2S. The Morgan fingerprint density at radius 1 is 1.14 bits per heavy atom. The van der Waals surface area contributed by atoms with Crippen molar-refractivity contribution in [2.75, 3.05) is 7.11 Å². The highest BCUT2D eigenvalue weighted by Crippen LogP contribution is 2.20. The minimum atomic E-state index is 0.391. The van der Waals surface area contributed by atoms with Crippen molar-refractivity contribution >= 4 is 16.3 Å². The van der Waals surface area contributed by atoms with Crippen molar-refractivity contribution in [3.05, 3.63) is 40.2 Å². The van der Waals surface area contributed by atoms with E-state index in [0.717, 1.165) is 15.7 Å². The molecule has 0 radical (unpaired) electrons. The van der Waals surface area contributed by atoms with Gasteiger partial charge in [-0.2, -0.15) is 9.61 Å². The van der Waals surface area contributed by atoms with E-state index in [2.05, 4.69) is 35.2 Å². The topological polar surface area (TPSA) is 61.5 Å². The average molecular weight is 304 g/mol. The van der Waals surface area contributed by atoms with E-state index in [-0.39, 0.29) is 0 Å². The summed E-state index contributed by atoms with van der Waals surface area (Å²) in [5.74, 6) is 1.54. The minimum Gasteiger partial charge on any atom is -0.486 e. The van der Waals surface area contributed by atoms with E-state index in [1.54, 1.807) is 11.6 Å². The standard InChI is InChI=1S/C14H16N4O2S/c1-9-4-5-11(6-10(9)2)20-8-13-17-18-12(7-19-3)15-16-14(18)21-13/h4-6H,7-8H2,1-3H3. The van der Waals surface area contributed by atoms with Crippen LogP contribution in [0.2, 0.25) is 0 Å². The van der Waals surface area contributed by atoms with Gasteiger partial charge >= 0.3 is 0 Å². The maximum Gasteiger partial charge on any atom is 0.234 e. The highest BCUT2D eigenvalue weighted by Gasteiger charge is 2.11. The average Bonchev–Trinajstić information content (AvgIpc) is 3.02. The summed E-state index contributed by atoms with van der Waals surface area (Å²) in [5.41, 5.74) is 2.47. The van der Waals surface area contributed by atoms with E-state index in [1.165, 1.54) is 22.5 Å². The Morgan fingerprint density at radius 2 is 2.00 bits per heavy atom. The van der Waals surface area contributed by atoms with E-state index < -0.39 is 0 Å². The molecule has 3 aromatic rings. The predicted molar refractivity (Wildman–Crippen MR) is 79.6 cm³/mol. The molecule has 3 rings (SSSR count). The molecule has 0 spiro atoms. The van der Waals surface area contributed by atoms with Crippen molar-refractivity contribution in [3.63, 3.8) is 0 Å². The molecule has 0 saturated heterocycles. The second-order valence-corrected chi connectivity index (χ2v) is 5.81. The fourth-order valence-electron chi connectivity index (χ4n) is 1.92. The molecule has 0 N–H and O–H groups in total. The van der Waals surface area contributed by atoms with Crippen molar-refractivity contribution < 1.29 is 9.47 Å². The highest BCUT2D eigenvalue weighted by molar-refractivity contribution is 7.16. The van der Waals surface area contributed by atoms with Crippen LogP contribution < -0.4 is 4.74 Å². The van der Waals surface area contributed by atoms with Crippen molar-refractivity contribution in [3.8, 4) is 5.75 Å². The van der Waals surface area contributed by atoms with Crippen LogP contribution in [0.4, 0.5) is 0 Å². The van der Waals surface area contributed by atoms with Crippen LogP contribution in [-0.4, -0.2) is 26.9 Å². The lowest BCUT2D eigenvalue weighted by Gasteiger charge is -2.06. The smallest absolute Gasteiger partial charge is 0.234 e. The Balaban J connectivity index is 1.74. The lowest BCUT2D eigenvalue weighted by atomic mass is 10.1. The molecule has 0 saturated carbocycles. The highest BCUT2D eigenvalue weighted by atomic mass is 32.1. The van der Waals surface area contributed by atoms with Gasteiger partial charge in [0.2, 0.25) is 4.96 Å². The summed E-state index contributed by atoms with van der Waals surface area (Å²) >= 11 is 1.47. The van der Waals surface area contributed by atoms with Crippen LogP contribution >= 0.6 is 11.3 Å². The van der Waals surface area contributed by atoms with Crippen molar-refractivity contribution in [1.82, 2.24) is 19.8 Å². The van der Waals surface area contributed by atoms with Gasteiger partial charge < -0.3 is 9.47 Å². The van der Waals surface area contributed by atoms with Crippen LogP contribution in [0.1, 0.15) is 22.0 Å².